The van der Waals surface area contributed by atoms with Crippen LogP contribution in [0.4, 0.5) is 5.69 Å². The number of amides is 1. The van der Waals surface area contributed by atoms with Crippen LogP contribution in [0.25, 0.3) is 0 Å². The van der Waals surface area contributed by atoms with Crippen LogP contribution < -0.4 is 14.5 Å². The third kappa shape index (κ3) is 6.20. The lowest BCUT2D eigenvalue weighted by Gasteiger charge is -2.25. The van der Waals surface area contributed by atoms with Crippen LogP contribution in [0, 0.1) is 13.8 Å². The third-order valence-corrected chi connectivity index (χ3v) is 6.65. The monoisotopic (exact) mass is 465 g/mol. The molecule has 3 rings (SSSR count). The van der Waals surface area contributed by atoms with E-state index in [2.05, 4.69) is 10.5 Å². The van der Waals surface area contributed by atoms with Gasteiger partial charge in [0.15, 0.2) is 0 Å². The quantitative estimate of drug-likeness (QED) is 0.381. The molecule has 0 aliphatic carbocycles. The number of sulfonamides is 1. The molecule has 0 heterocycles. The van der Waals surface area contributed by atoms with Crippen molar-refractivity contribution in [2.24, 2.45) is 5.10 Å². The van der Waals surface area contributed by atoms with Crippen LogP contribution >= 0.6 is 0 Å². The van der Waals surface area contributed by atoms with E-state index in [1.54, 1.807) is 49.4 Å². The van der Waals surface area contributed by atoms with Crippen molar-refractivity contribution in [3.63, 3.8) is 0 Å². The number of nitrogens with zero attached hydrogens (tertiary/aromatic N) is 2. The molecular formula is C25H27N3O4S. The Balaban J connectivity index is 1.79. The molecule has 0 saturated heterocycles. The second-order valence-electron chi connectivity index (χ2n) is 7.41. The Morgan fingerprint density at radius 3 is 2.30 bits per heavy atom. The van der Waals surface area contributed by atoms with Gasteiger partial charge in [0.2, 0.25) is 0 Å². The summed E-state index contributed by atoms with van der Waals surface area (Å²) in [5.74, 6) is 0.185. The Morgan fingerprint density at radius 2 is 1.67 bits per heavy atom. The summed E-state index contributed by atoms with van der Waals surface area (Å²) in [5, 5.41) is 3.97. The van der Waals surface area contributed by atoms with Gasteiger partial charge in [-0.05, 0) is 74.4 Å². The van der Waals surface area contributed by atoms with Gasteiger partial charge in [-0.15, -0.1) is 0 Å². The number of carbonyl (C=O) groups excluding carboxylic acids is 1. The number of rotatable bonds is 9. The standard InChI is InChI=1S/C25H27N3O4S/c1-4-32-22-13-11-21(12-14-22)17-26-27-25(29)18-28(24-8-6-5-7-20(24)3)33(30,31)23-15-9-19(2)10-16-23/h5-17H,4,18H2,1-3H3,(H,27,29)/b26-17+. The lowest BCUT2D eigenvalue weighted by Crippen LogP contribution is -2.40. The van der Waals surface area contributed by atoms with E-state index >= 15 is 0 Å². The molecule has 0 aliphatic rings. The van der Waals surface area contributed by atoms with Crippen LogP contribution in [0.15, 0.2) is 82.8 Å². The molecule has 0 aliphatic heterocycles. The van der Waals surface area contributed by atoms with E-state index in [0.717, 1.165) is 26.7 Å². The number of anilines is 1. The molecule has 172 valence electrons. The van der Waals surface area contributed by atoms with Crippen molar-refractivity contribution in [1.82, 2.24) is 5.43 Å². The first-order chi connectivity index (χ1) is 15.8. The van der Waals surface area contributed by atoms with Gasteiger partial charge in [-0.3, -0.25) is 9.10 Å². The van der Waals surface area contributed by atoms with Crippen molar-refractivity contribution >= 4 is 27.8 Å². The average molecular weight is 466 g/mol. The summed E-state index contributed by atoms with van der Waals surface area (Å²) in [5.41, 5.74) is 5.29. The topological polar surface area (TPSA) is 88.1 Å². The van der Waals surface area contributed by atoms with Crippen molar-refractivity contribution < 1.29 is 17.9 Å². The molecule has 1 N–H and O–H groups in total. The molecule has 3 aromatic carbocycles. The fourth-order valence-corrected chi connectivity index (χ4v) is 4.63. The lowest BCUT2D eigenvalue weighted by atomic mass is 10.2. The predicted molar refractivity (Wildman–Crippen MR) is 130 cm³/mol. The molecule has 0 unspecified atom stereocenters. The highest BCUT2D eigenvalue weighted by Crippen LogP contribution is 2.26. The van der Waals surface area contributed by atoms with Gasteiger partial charge in [0.1, 0.15) is 12.3 Å². The average Bonchev–Trinajstić information content (AvgIpc) is 2.80. The number of benzene rings is 3. The van der Waals surface area contributed by atoms with Crippen LogP contribution in [0.5, 0.6) is 5.75 Å². The van der Waals surface area contributed by atoms with E-state index in [4.69, 9.17) is 4.74 Å². The maximum atomic E-state index is 13.4. The van der Waals surface area contributed by atoms with Crippen molar-refractivity contribution in [3.8, 4) is 5.75 Å². The number of hydrogen-bond acceptors (Lipinski definition) is 5. The number of ether oxygens (including phenoxy) is 1. The molecule has 7 nitrogen and oxygen atoms in total. The summed E-state index contributed by atoms with van der Waals surface area (Å²) in [7, 11) is -3.97. The van der Waals surface area contributed by atoms with Gasteiger partial charge in [0.25, 0.3) is 15.9 Å². The molecule has 0 spiro atoms. The zero-order valence-electron chi connectivity index (χ0n) is 18.9. The fraction of sp³-hybridized carbons (Fsp3) is 0.200. The van der Waals surface area contributed by atoms with Crippen LogP contribution in [-0.4, -0.2) is 33.7 Å². The first-order valence-electron chi connectivity index (χ1n) is 10.5. The maximum Gasteiger partial charge on any atom is 0.264 e. The first-order valence-corrected chi connectivity index (χ1v) is 11.9. The summed E-state index contributed by atoms with van der Waals surface area (Å²) in [6.45, 7) is 5.75. The minimum Gasteiger partial charge on any atom is -0.494 e. The number of hydrogen-bond donors (Lipinski definition) is 1. The number of nitrogens with one attached hydrogen (secondary N) is 1. The van der Waals surface area contributed by atoms with Crippen LogP contribution in [0.2, 0.25) is 0 Å². The van der Waals surface area contributed by atoms with Crippen molar-refractivity contribution in [1.29, 1.82) is 0 Å². The Labute approximate surface area is 194 Å². The Hall–Kier alpha value is -3.65. The smallest absolute Gasteiger partial charge is 0.264 e. The molecule has 1 amide bonds. The summed E-state index contributed by atoms with van der Waals surface area (Å²) in [6.07, 6.45) is 1.49. The molecule has 0 aromatic heterocycles. The van der Waals surface area contributed by atoms with Gasteiger partial charge >= 0.3 is 0 Å². The van der Waals surface area contributed by atoms with Gasteiger partial charge in [-0.25, -0.2) is 13.8 Å². The predicted octanol–water partition coefficient (Wildman–Crippen LogP) is 4.05. The van der Waals surface area contributed by atoms with E-state index < -0.39 is 22.5 Å². The molecule has 33 heavy (non-hydrogen) atoms. The minimum atomic E-state index is -3.97. The second-order valence-corrected chi connectivity index (χ2v) is 9.27. The summed E-state index contributed by atoms with van der Waals surface area (Å²) >= 11 is 0. The van der Waals surface area contributed by atoms with E-state index in [1.807, 2.05) is 32.0 Å². The lowest BCUT2D eigenvalue weighted by molar-refractivity contribution is -0.119. The SMILES string of the molecule is CCOc1ccc(/C=N/NC(=O)CN(c2ccccc2C)S(=O)(=O)c2ccc(C)cc2)cc1. The molecule has 0 bridgehead atoms. The first kappa shape index (κ1) is 24.0. The Kier molecular flexibility index (Phi) is 7.84. The van der Waals surface area contributed by atoms with Gasteiger partial charge < -0.3 is 4.74 Å². The van der Waals surface area contributed by atoms with E-state index in [-0.39, 0.29) is 4.90 Å². The zero-order valence-corrected chi connectivity index (χ0v) is 19.7. The van der Waals surface area contributed by atoms with Gasteiger partial charge in [0.05, 0.1) is 23.4 Å². The van der Waals surface area contributed by atoms with Crippen molar-refractivity contribution in [2.75, 3.05) is 17.5 Å². The number of hydrazone groups is 1. The molecular weight excluding hydrogens is 438 g/mol. The summed E-state index contributed by atoms with van der Waals surface area (Å²) in [4.78, 5) is 12.8. The highest BCUT2D eigenvalue weighted by molar-refractivity contribution is 7.92. The molecule has 8 heteroatoms. The largest absolute Gasteiger partial charge is 0.494 e. The van der Waals surface area contributed by atoms with Gasteiger partial charge in [0, 0.05) is 0 Å². The second kappa shape index (κ2) is 10.8. The Morgan fingerprint density at radius 1 is 1.00 bits per heavy atom. The van der Waals surface area contributed by atoms with Gasteiger partial charge in [-0.2, -0.15) is 5.10 Å². The van der Waals surface area contributed by atoms with E-state index in [9.17, 15) is 13.2 Å². The van der Waals surface area contributed by atoms with Crippen LogP contribution in [-0.2, 0) is 14.8 Å². The molecule has 0 fully saturated rings. The summed E-state index contributed by atoms with van der Waals surface area (Å²) < 4.78 is 33.3. The van der Waals surface area contributed by atoms with E-state index in [1.165, 1.54) is 18.3 Å². The highest BCUT2D eigenvalue weighted by atomic mass is 32.2. The van der Waals surface area contributed by atoms with Crippen molar-refractivity contribution in [3.05, 3.63) is 89.5 Å². The normalized spacial score (nSPS) is 11.4. The van der Waals surface area contributed by atoms with Crippen molar-refractivity contribution in [2.45, 2.75) is 25.7 Å². The minimum absolute atomic E-state index is 0.113. The molecule has 0 atom stereocenters. The highest BCUT2D eigenvalue weighted by Gasteiger charge is 2.28. The zero-order chi connectivity index (χ0) is 23.8. The fourth-order valence-electron chi connectivity index (χ4n) is 3.14. The van der Waals surface area contributed by atoms with Gasteiger partial charge in [-0.1, -0.05) is 35.9 Å². The maximum absolute atomic E-state index is 13.4. The molecule has 0 radical (unpaired) electrons. The molecule has 3 aromatic rings. The number of aryl methyl sites for hydroxylation is 2. The summed E-state index contributed by atoms with van der Waals surface area (Å²) in [6, 6.07) is 20.8. The Bertz CT molecular complexity index is 1220. The van der Waals surface area contributed by atoms with Crippen LogP contribution in [0.3, 0.4) is 0 Å². The third-order valence-electron chi connectivity index (χ3n) is 4.87. The number of carbonyl (C=O) groups is 1. The van der Waals surface area contributed by atoms with E-state index in [0.29, 0.717) is 12.3 Å². The number of para-hydroxylation sites is 1. The molecule has 0 saturated carbocycles. The van der Waals surface area contributed by atoms with Crippen LogP contribution in [0.1, 0.15) is 23.6 Å².